The van der Waals surface area contributed by atoms with Crippen LogP contribution < -0.4 is 10.2 Å². The third-order valence-electron chi connectivity index (χ3n) is 7.48. The number of anilines is 3. The van der Waals surface area contributed by atoms with Crippen LogP contribution in [0.1, 0.15) is 49.9 Å². The highest BCUT2D eigenvalue weighted by molar-refractivity contribution is 5.73. The predicted octanol–water partition coefficient (Wildman–Crippen LogP) is 5.37. The Labute approximate surface area is 207 Å². The van der Waals surface area contributed by atoms with Gasteiger partial charge in [-0.15, -0.1) is 0 Å². The van der Waals surface area contributed by atoms with Gasteiger partial charge in [-0.25, -0.2) is 9.97 Å². The molecule has 0 spiro atoms. The molecule has 2 aromatic carbocycles. The molecule has 3 aromatic rings. The van der Waals surface area contributed by atoms with Crippen molar-refractivity contribution < 1.29 is 4.79 Å². The predicted molar refractivity (Wildman–Crippen MR) is 142 cm³/mol. The molecule has 6 heteroatoms. The highest BCUT2D eigenvalue weighted by atomic mass is 16.2. The molecule has 2 aliphatic rings. The smallest absolute Gasteiger partial charge is 0.227 e. The standard InChI is InChI=1S/C29H33N5O/c1-4-26(22-8-6-5-7-9-22)29(3)15-14-23-20-30-28(32-27(23)29)31-24-10-12-25(13-11-24)34-18-16-33(17-19-34)21(2)35/h5-15,20,26H,4,16-19H2,1-3H3,(H,30,31,32)/t26?,29-/m1/s1. The molecule has 0 radical (unpaired) electrons. The Morgan fingerprint density at radius 2 is 1.77 bits per heavy atom. The zero-order valence-corrected chi connectivity index (χ0v) is 20.7. The van der Waals surface area contributed by atoms with Gasteiger partial charge in [0.25, 0.3) is 0 Å². The third-order valence-corrected chi connectivity index (χ3v) is 7.48. The molecule has 1 aliphatic heterocycles. The Hall–Kier alpha value is -3.67. The van der Waals surface area contributed by atoms with Crippen molar-refractivity contribution in [2.45, 2.75) is 38.5 Å². The van der Waals surface area contributed by atoms with Crippen molar-refractivity contribution >= 4 is 29.3 Å². The van der Waals surface area contributed by atoms with E-state index in [-0.39, 0.29) is 11.3 Å². The normalized spacial score (nSPS) is 20.0. The van der Waals surface area contributed by atoms with Crippen molar-refractivity contribution in [2.24, 2.45) is 0 Å². The highest BCUT2D eigenvalue weighted by Crippen LogP contribution is 2.46. The number of amides is 1. The van der Waals surface area contributed by atoms with Crippen molar-refractivity contribution in [1.29, 1.82) is 0 Å². The number of piperazine rings is 1. The molecular formula is C29H33N5O. The van der Waals surface area contributed by atoms with E-state index in [0.717, 1.165) is 49.5 Å². The molecule has 1 unspecified atom stereocenters. The second-order valence-electron chi connectivity index (χ2n) is 9.65. The second-order valence-corrected chi connectivity index (χ2v) is 9.65. The van der Waals surface area contributed by atoms with Gasteiger partial charge in [0, 0.05) is 61.7 Å². The second kappa shape index (κ2) is 9.53. The van der Waals surface area contributed by atoms with Gasteiger partial charge >= 0.3 is 0 Å². The van der Waals surface area contributed by atoms with Crippen LogP contribution in [0.5, 0.6) is 0 Å². The maximum Gasteiger partial charge on any atom is 0.227 e. The van der Waals surface area contributed by atoms with E-state index < -0.39 is 0 Å². The molecule has 6 nitrogen and oxygen atoms in total. The molecule has 1 saturated heterocycles. The minimum absolute atomic E-state index is 0.152. The van der Waals surface area contributed by atoms with Crippen LogP contribution in [0.3, 0.4) is 0 Å². The molecule has 35 heavy (non-hydrogen) atoms. The molecular weight excluding hydrogens is 434 g/mol. The fourth-order valence-electron chi connectivity index (χ4n) is 5.48. The number of hydrogen-bond acceptors (Lipinski definition) is 5. The van der Waals surface area contributed by atoms with Crippen LogP contribution in [0.4, 0.5) is 17.3 Å². The van der Waals surface area contributed by atoms with Crippen molar-refractivity contribution in [3.05, 3.63) is 83.7 Å². The van der Waals surface area contributed by atoms with Gasteiger partial charge in [0.15, 0.2) is 0 Å². The van der Waals surface area contributed by atoms with E-state index in [1.54, 1.807) is 6.92 Å². The first-order valence-electron chi connectivity index (χ1n) is 12.5. The fourth-order valence-corrected chi connectivity index (χ4v) is 5.48. The Morgan fingerprint density at radius 3 is 2.43 bits per heavy atom. The molecule has 5 rings (SSSR count). The van der Waals surface area contributed by atoms with Crippen LogP contribution in [-0.4, -0.2) is 47.0 Å². The van der Waals surface area contributed by atoms with Gasteiger partial charge in [0.1, 0.15) is 0 Å². The molecule has 2 atom stereocenters. The number of hydrogen-bond donors (Lipinski definition) is 1. The van der Waals surface area contributed by atoms with E-state index in [4.69, 9.17) is 4.98 Å². The summed E-state index contributed by atoms with van der Waals surface area (Å²) < 4.78 is 0. The summed E-state index contributed by atoms with van der Waals surface area (Å²) in [5, 5.41) is 3.40. The fraction of sp³-hybridized carbons (Fsp3) is 0.345. The van der Waals surface area contributed by atoms with Crippen LogP contribution >= 0.6 is 0 Å². The molecule has 1 aliphatic carbocycles. The van der Waals surface area contributed by atoms with E-state index in [1.807, 2.05) is 11.1 Å². The number of aromatic nitrogens is 2. The van der Waals surface area contributed by atoms with E-state index in [2.05, 4.69) is 95.8 Å². The molecule has 0 saturated carbocycles. The summed E-state index contributed by atoms with van der Waals surface area (Å²) in [5.74, 6) is 1.11. The Bertz CT molecular complexity index is 1220. The number of rotatable bonds is 6. The summed E-state index contributed by atoms with van der Waals surface area (Å²) in [4.78, 5) is 25.4. The van der Waals surface area contributed by atoms with E-state index in [0.29, 0.717) is 11.9 Å². The van der Waals surface area contributed by atoms with E-state index in [1.165, 1.54) is 11.3 Å². The molecule has 2 heterocycles. The number of allylic oxidation sites excluding steroid dienone is 1. The molecule has 0 bridgehead atoms. The molecule has 1 N–H and O–H groups in total. The monoisotopic (exact) mass is 467 g/mol. The van der Waals surface area contributed by atoms with Crippen LogP contribution in [0.15, 0.2) is 66.9 Å². The number of carbonyl (C=O) groups excluding carboxylic acids is 1. The Balaban J connectivity index is 1.32. The van der Waals surface area contributed by atoms with Crippen molar-refractivity contribution in [2.75, 3.05) is 36.4 Å². The van der Waals surface area contributed by atoms with Gasteiger partial charge in [-0.05, 0) is 49.1 Å². The summed E-state index contributed by atoms with van der Waals surface area (Å²) in [6.45, 7) is 9.42. The lowest BCUT2D eigenvalue weighted by atomic mass is 9.71. The number of carbonyl (C=O) groups is 1. The SMILES string of the molecule is CCC(c1ccccc1)[C@@]1(C)C=Cc2cnc(Nc3ccc(N4CCN(C(C)=O)CC4)cc3)nc21. The maximum atomic E-state index is 11.6. The number of nitrogens with one attached hydrogen (secondary N) is 1. The lowest BCUT2D eigenvalue weighted by Crippen LogP contribution is -2.48. The van der Waals surface area contributed by atoms with Crippen molar-refractivity contribution in [1.82, 2.24) is 14.9 Å². The summed E-state index contributed by atoms with van der Waals surface area (Å²) >= 11 is 0. The van der Waals surface area contributed by atoms with Gasteiger partial charge in [-0.3, -0.25) is 4.79 Å². The van der Waals surface area contributed by atoms with Gasteiger partial charge in [-0.2, -0.15) is 0 Å². The maximum absolute atomic E-state index is 11.6. The van der Waals surface area contributed by atoms with Gasteiger partial charge in [0.05, 0.1) is 5.69 Å². The van der Waals surface area contributed by atoms with Gasteiger partial charge in [0.2, 0.25) is 11.9 Å². The topological polar surface area (TPSA) is 61.4 Å². The van der Waals surface area contributed by atoms with Gasteiger partial charge < -0.3 is 15.1 Å². The Kier molecular flexibility index (Phi) is 6.29. The highest BCUT2D eigenvalue weighted by Gasteiger charge is 2.39. The summed E-state index contributed by atoms with van der Waals surface area (Å²) in [5.41, 5.74) is 5.44. The zero-order chi connectivity index (χ0) is 24.4. The van der Waals surface area contributed by atoms with Crippen LogP contribution in [-0.2, 0) is 10.2 Å². The first-order valence-corrected chi connectivity index (χ1v) is 12.5. The van der Waals surface area contributed by atoms with E-state index in [9.17, 15) is 4.79 Å². The first-order chi connectivity index (χ1) is 17.0. The van der Waals surface area contributed by atoms with Crippen LogP contribution in [0.2, 0.25) is 0 Å². The van der Waals surface area contributed by atoms with Crippen LogP contribution in [0, 0.1) is 0 Å². The number of fused-ring (bicyclic) bond motifs is 1. The lowest BCUT2D eigenvalue weighted by Gasteiger charge is -2.35. The van der Waals surface area contributed by atoms with Gasteiger partial charge in [-0.1, -0.05) is 49.4 Å². The van der Waals surface area contributed by atoms with E-state index >= 15 is 0 Å². The zero-order valence-electron chi connectivity index (χ0n) is 20.7. The number of benzene rings is 2. The summed E-state index contributed by atoms with van der Waals surface area (Å²) in [6, 6.07) is 19.1. The minimum Gasteiger partial charge on any atom is -0.368 e. The van der Waals surface area contributed by atoms with Crippen molar-refractivity contribution in [3.8, 4) is 0 Å². The van der Waals surface area contributed by atoms with Crippen LogP contribution in [0.25, 0.3) is 6.08 Å². The van der Waals surface area contributed by atoms with Crippen molar-refractivity contribution in [3.63, 3.8) is 0 Å². The first kappa shape index (κ1) is 23.1. The molecule has 1 aromatic heterocycles. The average molecular weight is 468 g/mol. The minimum atomic E-state index is -0.184. The lowest BCUT2D eigenvalue weighted by molar-refractivity contribution is -0.129. The summed E-state index contributed by atoms with van der Waals surface area (Å²) in [7, 11) is 0. The third kappa shape index (κ3) is 4.53. The molecule has 1 fully saturated rings. The molecule has 180 valence electrons. The largest absolute Gasteiger partial charge is 0.368 e. The Morgan fingerprint density at radius 1 is 1.06 bits per heavy atom. The molecule has 1 amide bonds. The quantitative estimate of drug-likeness (QED) is 0.528. The summed E-state index contributed by atoms with van der Waals surface area (Å²) in [6.07, 6.45) is 7.40. The number of nitrogens with zero attached hydrogens (tertiary/aromatic N) is 4. The average Bonchev–Trinajstić information content (AvgIpc) is 3.22.